The van der Waals surface area contributed by atoms with E-state index in [1.807, 2.05) is 42.5 Å². The summed E-state index contributed by atoms with van der Waals surface area (Å²) in [5, 5.41) is 10.5. The number of aliphatic hydroxyl groups excluding tert-OH is 1. The van der Waals surface area contributed by atoms with Crippen LogP contribution < -0.4 is 4.74 Å². The van der Waals surface area contributed by atoms with Gasteiger partial charge in [-0.3, -0.25) is 9.97 Å². The van der Waals surface area contributed by atoms with Crippen LogP contribution in [0.25, 0.3) is 11.0 Å². The summed E-state index contributed by atoms with van der Waals surface area (Å²) >= 11 is 0. The maximum atomic E-state index is 10.5. The first-order chi connectivity index (χ1) is 9.79. The summed E-state index contributed by atoms with van der Waals surface area (Å²) < 4.78 is 5.12. The van der Waals surface area contributed by atoms with Crippen molar-refractivity contribution in [1.82, 2.24) is 9.97 Å². The lowest BCUT2D eigenvalue weighted by Gasteiger charge is -2.13. The molecule has 1 N–H and O–H groups in total. The van der Waals surface area contributed by atoms with Crippen molar-refractivity contribution in [1.29, 1.82) is 0 Å². The molecule has 0 aliphatic heterocycles. The molecule has 1 unspecified atom stereocenters. The Morgan fingerprint density at radius 2 is 1.75 bits per heavy atom. The van der Waals surface area contributed by atoms with Gasteiger partial charge in [0.15, 0.2) is 0 Å². The van der Waals surface area contributed by atoms with Crippen molar-refractivity contribution in [2.45, 2.75) is 6.10 Å². The number of methoxy groups -OCH3 is 1. The van der Waals surface area contributed by atoms with Gasteiger partial charge in [0.25, 0.3) is 0 Å². The fraction of sp³-hybridized carbons (Fsp3) is 0.125. The summed E-state index contributed by atoms with van der Waals surface area (Å²) in [5.41, 5.74) is 3.04. The molecule has 1 heterocycles. The minimum Gasteiger partial charge on any atom is -0.497 e. The molecule has 0 saturated carbocycles. The van der Waals surface area contributed by atoms with Crippen LogP contribution in [0.1, 0.15) is 17.2 Å². The Bertz CT molecular complexity index is 721. The van der Waals surface area contributed by atoms with E-state index >= 15 is 0 Å². The highest BCUT2D eigenvalue weighted by molar-refractivity contribution is 5.78. The van der Waals surface area contributed by atoms with Gasteiger partial charge in [0, 0.05) is 18.0 Å². The van der Waals surface area contributed by atoms with E-state index in [-0.39, 0.29) is 0 Å². The maximum Gasteiger partial charge on any atom is 0.118 e. The number of hydrogen-bond acceptors (Lipinski definition) is 4. The van der Waals surface area contributed by atoms with Crippen molar-refractivity contribution in [2.24, 2.45) is 0 Å². The summed E-state index contributed by atoms with van der Waals surface area (Å²) in [6.45, 7) is 0. The third kappa shape index (κ3) is 2.21. The van der Waals surface area contributed by atoms with Crippen LogP contribution in [0, 0.1) is 0 Å². The molecule has 0 aliphatic rings. The molecule has 100 valence electrons. The van der Waals surface area contributed by atoms with E-state index in [0.29, 0.717) is 0 Å². The number of hydrogen-bond donors (Lipinski definition) is 1. The Morgan fingerprint density at radius 1 is 1.00 bits per heavy atom. The Morgan fingerprint density at radius 3 is 2.50 bits per heavy atom. The molecule has 1 aromatic heterocycles. The quantitative estimate of drug-likeness (QED) is 0.792. The number of aromatic nitrogens is 2. The normalized spacial score (nSPS) is 12.3. The monoisotopic (exact) mass is 266 g/mol. The molecule has 4 heteroatoms. The van der Waals surface area contributed by atoms with Gasteiger partial charge < -0.3 is 9.84 Å². The molecule has 4 nitrogen and oxygen atoms in total. The van der Waals surface area contributed by atoms with E-state index in [1.165, 1.54) is 0 Å². The zero-order valence-corrected chi connectivity index (χ0v) is 11.0. The topological polar surface area (TPSA) is 55.2 Å². The second-order valence-corrected chi connectivity index (χ2v) is 4.45. The van der Waals surface area contributed by atoms with Gasteiger partial charge in [0.05, 0.1) is 18.1 Å². The third-order valence-corrected chi connectivity index (χ3v) is 3.26. The Labute approximate surface area is 116 Å². The highest BCUT2D eigenvalue weighted by Crippen LogP contribution is 2.27. The highest BCUT2D eigenvalue weighted by Gasteiger charge is 2.14. The van der Waals surface area contributed by atoms with Crippen LogP contribution in [0.15, 0.2) is 54.9 Å². The molecule has 0 amide bonds. The average Bonchev–Trinajstić information content (AvgIpc) is 2.54. The van der Waals surface area contributed by atoms with Crippen LogP contribution in [0.4, 0.5) is 0 Å². The number of fused-ring (bicyclic) bond motifs is 1. The first kappa shape index (κ1) is 12.6. The standard InChI is InChI=1S/C16H14N2O2/c1-20-12-7-5-11(6-8-12)16(19)13-3-2-4-14-15(13)18-10-9-17-14/h2-10,16,19H,1H3. The molecular weight excluding hydrogens is 252 g/mol. The predicted octanol–water partition coefficient (Wildman–Crippen LogP) is 2.72. The van der Waals surface area contributed by atoms with E-state index in [0.717, 1.165) is 27.9 Å². The van der Waals surface area contributed by atoms with Crippen molar-refractivity contribution in [3.8, 4) is 5.75 Å². The minimum absolute atomic E-state index is 0.721. The molecule has 0 spiro atoms. The van der Waals surface area contributed by atoms with Crippen molar-refractivity contribution >= 4 is 11.0 Å². The summed E-state index contributed by atoms with van der Waals surface area (Å²) in [7, 11) is 1.62. The summed E-state index contributed by atoms with van der Waals surface area (Å²) in [4.78, 5) is 8.57. The van der Waals surface area contributed by atoms with Gasteiger partial charge >= 0.3 is 0 Å². The average molecular weight is 266 g/mol. The van der Waals surface area contributed by atoms with Gasteiger partial charge in [0.2, 0.25) is 0 Å². The van der Waals surface area contributed by atoms with Crippen molar-refractivity contribution in [3.05, 3.63) is 66.0 Å². The molecule has 3 rings (SSSR count). The smallest absolute Gasteiger partial charge is 0.118 e. The summed E-state index contributed by atoms with van der Waals surface area (Å²) in [6.07, 6.45) is 2.54. The van der Waals surface area contributed by atoms with Gasteiger partial charge in [-0.25, -0.2) is 0 Å². The van der Waals surface area contributed by atoms with Crippen molar-refractivity contribution < 1.29 is 9.84 Å². The van der Waals surface area contributed by atoms with Gasteiger partial charge in [-0.1, -0.05) is 24.3 Å². The van der Waals surface area contributed by atoms with Crippen LogP contribution >= 0.6 is 0 Å². The van der Waals surface area contributed by atoms with Crippen LogP contribution in [0.2, 0.25) is 0 Å². The highest BCUT2D eigenvalue weighted by atomic mass is 16.5. The molecule has 0 saturated heterocycles. The van der Waals surface area contributed by atoms with Gasteiger partial charge in [0.1, 0.15) is 11.9 Å². The van der Waals surface area contributed by atoms with E-state index < -0.39 is 6.10 Å². The van der Waals surface area contributed by atoms with Crippen LogP contribution in [-0.2, 0) is 0 Å². The largest absolute Gasteiger partial charge is 0.497 e. The van der Waals surface area contributed by atoms with Gasteiger partial charge in [-0.2, -0.15) is 0 Å². The van der Waals surface area contributed by atoms with E-state index in [9.17, 15) is 5.11 Å². The lowest BCUT2D eigenvalue weighted by Crippen LogP contribution is -2.02. The minimum atomic E-state index is -0.735. The van der Waals surface area contributed by atoms with Gasteiger partial charge in [-0.05, 0) is 23.8 Å². The SMILES string of the molecule is COc1ccc(C(O)c2cccc3nccnc23)cc1. The van der Waals surface area contributed by atoms with E-state index in [2.05, 4.69) is 9.97 Å². The van der Waals surface area contributed by atoms with E-state index in [4.69, 9.17) is 4.74 Å². The van der Waals surface area contributed by atoms with Crippen LogP contribution in [0.3, 0.4) is 0 Å². The number of aliphatic hydroxyl groups is 1. The summed E-state index contributed by atoms with van der Waals surface area (Å²) in [5.74, 6) is 0.763. The zero-order valence-electron chi connectivity index (χ0n) is 11.0. The number of rotatable bonds is 3. The maximum absolute atomic E-state index is 10.5. The molecule has 0 fully saturated rings. The Balaban J connectivity index is 2.05. The summed E-state index contributed by atoms with van der Waals surface area (Å²) in [6, 6.07) is 13.0. The molecule has 1 atom stereocenters. The zero-order chi connectivity index (χ0) is 13.9. The molecule has 0 radical (unpaired) electrons. The lowest BCUT2D eigenvalue weighted by atomic mass is 10.00. The van der Waals surface area contributed by atoms with Crippen LogP contribution in [-0.4, -0.2) is 22.2 Å². The number of para-hydroxylation sites is 1. The predicted molar refractivity (Wildman–Crippen MR) is 76.6 cm³/mol. The molecule has 0 aliphatic carbocycles. The number of benzene rings is 2. The molecule has 20 heavy (non-hydrogen) atoms. The number of ether oxygens (including phenoxy) is 1. The third-order valence-electron chi connectivity index (χ3n) is 3.26. The molecular formula is C16H14N2O2. The van der Waals surface area contributed by atoms with Crippen LogP contribution in [0.5, 0.6) is 5.75 Å². The number of nitrogens with zero attached hydrogens (tertiary/aromatic N) is 2. The first-order valence-corrected chi connectivity index (χ1v) is 6.31. The van der Waals surface area contributed by atoms with E-state index in [1.54, 1.807) is 19.5 Å². The molecule has 3 aromatic rings. The Kier molecular flexibility index (Phi) is 3.31. The second-order valence-electron chi connectivity index (χ2n) is 4.45. The molecule has 2 aromatic carbocycles. The Hall–Kier alpha value is -2.46. The first-order valence-electron chi connectivity index (χ1n) is 6.31. The van der Waals surface area contributed by atoms with Crippen molar-refractivity contribution in [2.75, 3.05) is 7.11 Å². The van der Waals surface area contributed by atoms with Gasteiger partial charge in [-0.15, -0.1) is 0 Å². The fourth-order valence-electron chi connectivity index (χ4n) is 2.20. The molecule has 0 bridgehead atoms. The lowest BCUT2D eigenvalue weighted by molar-refractivity contribution is 0.221. The fourth-order valence-corrected chi connectivity index (χ4v) is 2.20. The van der Waals surface area contributed by atoms with Crippen molar-refractivity contribution in [3.63, 3.8) is 0 Å². The second kappa shape index (κ2) is 5.27.